The Morgan fingerprint density at radius 2 is 1.58 bits per heavy atom. The van der Waals surface area contributed by atoms with E-state index in [1.54, 1.807) is 0 Å². The molecule has 0 saturated heterocycles. The fourth-order valence-corrected chi connectivity index (χ4v) is 9.64. The number of hydrogen-bond acceptors (Lipinski definition) is 4. The van der Waals surface area contributed by atoms with Gasteiger partial charge in [-0.2, -0.15) is 0 Å². The van der Waals surface area contributed by atoms with Crippen molar-refractivity contribution in [3.05, 3.63) is 95.5 Å². The summed E-state index contributed by atoms with van der Waals surface area (Å²) in [5.74, 6) is -1.30. The summed E-state index contributed by atoms with van der Waals surface area (Å²) in [5, 5.41) is 22.1. The van der Waals surface area contributed by atoms with Gasteiger partial charge in [-0.25, -0.2) is 14.2 Å². The first kappa shape index (κ1) is 31.2. The van der Waals surface area contributed by atoms with Gasteiger partial charge in [0.2, 0.25) is 5.36 Å². The van der Waals surface area contributed by atoms with Gasteiger partial charge in [-0.3, -0.25) is 0 Å². The van der Waals surface area contributed by atoms with Gasteiger partial charge in [-0.05, 0) is 82.4 Å². The minimum absolute atomic E-state index is 0.00535. The van der Waals surface area contributed by atoms with Crippen LogP contribution in [-0.2, 0) is 12.8 Å². The largest absolute Gasteiger partial charge is 0.478 e. The number of halogens is 2. The molecule has 5 aliphatic rings. The van der Waals surface area contributed by atoms with Crippen LogP contribution in [0.4, 0.5) is 5.69 Å². The van der Waals surface area contributed by atoms with E-state index in [4.69, 9.17) is 27.9 Å². The molecule has 7 nitrogen and oxygen atoms in total. The molecule has 48 heavy (non-hydrogen) atoms. The Labute approximate surface area is 289 Å². The third kappa shape index (κ3) is 4.16. The van der Waals surface area contributed by atoms with E-state index in [0.29, 0.717) is 17.1 Å². The second-order valence-electron chi connectivity index (χ2n) is 14.8. The molecule has 0 atom stereocenters. The molecule has 0 bridgehead atoms. The molecule has 0 fully saturated rings. The van der Waals surface area contributed by atoms with Crippen molar-refractivity contribution in [2.24, 2.45) is 0 Å². The summed E-state index contributed by atoms with van der Waals surface area (Å²) in [6.07, 6.45) is 8.05. The lowest BCUT2D eigenvalue weighted by molar-refractivity contribution is 0.0695. The van der Waals surface area contributed by atoms with E-state index in [1.165, 1.54) is 6.07 Å². The average Bonchev–Trinajstić information content (AvgIpc) is 3.01. The predicted molar refractivity (Wildman–Crippen MR) is 190 cm³/mol. The number of benzene rings is 3. The highest BCUT2D eigenvalue weighted by Gasteiger charge is 2.43. The first-order valence-electron chi connectivity index (χ1n) is 16.5. The Balaban J connectivity index is 1.61. The van der Waals surface area contributed by atoms with Crippen LogP contribution in [0.15, 0.2) is 30.4 Å². The summed E-state index contributed by atoms with van der Waals surface area (Å²) >= 11 is 13.7. The Morgan fingerprint density at radius 1 is 0.875 bits per heavy atom. The highest BCUT2D eigenvalue weighted by atomic mass is 35.5. The van der Waals surface area contributed by atoms with Gasteiger partial charge in [0.15, 0.2) is 5.54 Å². The first-order chi connectivity index (χ1) is 22.6. The zero-order valence-corrected chi connectivity index (χ0v) is 29.4. The summed E-state index contributed by atoms with van der Waals surface area (Å²) in [4.78, 5) is 27.7. The van der Waals surface area contributed by atoms with Gasteiger partial charge in [0, 0.05) is 65.4 Å². The molecular weight excluding hydrogens is 647 g/mol. The molecule has 0 aromatic heterocycles. The van der Waals surface area contributed by atoms with Gasteiger partial charge in [-0.15, -0.1) is 0 Å². The van der Waals surface area contributed by atoms with Crippen molar-refractivity contribution < 1.29 is 24.5 Å². The Kier molecular flexibility index (Phi) is 6.65. The average molecular weight is 685 g/mol. The molecule has 0 saturated carbocycles. The lowest BCUT2D eigenvalue weighted by Gasteiger charge is -2.47. The molecule has 9 heteroatoms. The first-order valence-corrected chi connectivity index (χ1v) is 17.3. The van der Waals surface area contributed by atoms with Crippen LogP contribution < -0.4 is 24.8 Å². The maximum atomic E-state index is 13.1. The monoisotopic (exact) mass is 683 g/mol. The van der Waals surface area contributed by atoms with E-state index in [-0.39, 0.29) is 37.8 Å². The van der Waals surface area contributed by atoms with Gasteiger partial charge >= 0.3 is 11.9 Å². The molecule has 3 aromatic rings. The zero-order valence-electron chi connectivity index (χ0n) is 27.9. The topological polar surface area (TPSA) is 90.1 Å². The van der Waals surface area contributed by atoms with Crippen LogP contribution >= 0.6 is 23.2 Å². The normalized spacial score (nSPS) is 19.3. The van der Waals surface area contributed by atoms with Crippen molar-refractivity contribution in [2.75, 3.05) is 18.0 Å². The standard InChI is InChI=1S/C39H36Cl2N2O5/c1-18-16-38(3,4)42-11-7-9-20-32(42)22(18)13-24-28(29-27(40)15-26(36(44)45)31(41)30(29)37(46)47)25-14-23-19(2)17-39(5,6)43-12-8-10-21(33(23)43)35(25)48-34(20)24/h13-17H,7-12H2,1-6H3,(H-,44,45,46,47)/p+1. The third-order valence-electron chi connectivity index (χ3n) is 10.9. The van der Waals surface area contributed by atoms with Gasteiger partial charge in [0.05, 0.1) is 38.0 Å². The van der Waals surface area contributed by atoms with Crippen LogP contribution in [0.3, 0.4) is 0 Å². The minimum Gasteiger partial charge on any atom is -0.478 e. The molecule has 246 valence electrons. The van der Waals surface area contributed by atoms with E-state index in [9.17, 15) is 19.8 Å². The Hall–Kier alpha value is -4.07. The van der Waals surface area contributed by atoms with Crippen molar-refractivity contribution in [1.82, 2.24) is 4.58 Å². The fraction of sp³-hybridized carbons (Fsp3) is 0.359. The SMILES string of the molecule is CC1=CC(C)(C)N2CCCc3c4c(cc1c32)C(c1c(Cl)cc(C(=O)O)c(Cl)c1C(=O)O)=c1cc2c3c(c1O4)CCC[N+]=3C(C)(C)C=C2C. The summed E-state index contributed by atoms with van der Waals surface area (Å²) in [6.45, 7) is 15.0. The molecule has 2 N–H and O–H groups in total. The molecule has 0 radical (unpaired) electrons. The van der Waals surface area contributed by atoms with E-state index in [1.807, 2.05) is 0 Å². The van der Waals surface area contributed by atoms with E-state index in [2.05, 4.69) is 75.3 Å². The number of nitrogens with zero attached hydrogens (tertiary/aromatic N) is 2. The van der Waals surface area contributed by atoms with Gasteiger partial charge in [0.1, 0.15) is 18.0 Å². The van der Waals surface area contributed by atoms with Crippen LogP contribution in [0.1, 0.15) is 108 Å². The quantitative estimate of drug-likeness (QED) is 0.220. The number of fused-ring (bicyclic) bond motifs is 4. The van der Waals surface area contributed by atoms with Crippen molar-refractivity contribution in [2.45, 2.75) is 78.3 Å². The van der Waals surface area contributed by atoms with E-state index >= 15 is 0 Å². The molecule has 8 rings (SSSR count). The number of carboxylic acids is 2. The van der Waals surface area contributed by atoms with Gasteiger partial charge in [0.25, 0.3) is 0 Å². The van der Waals surface area contributed by atoms with Gasteiger partial charge in [-0.1, -0.05) is 29.3 Å². The summed E-state index contributed by atoms with van der Waals surface area (Å²) < 4.78 is 9.63. The van der Waals surface area contributed by atoms with Crippen LogP contribution in [0.25, 0.3) is 16.7 Å². The van der Waals surface area contributed by atoms with Crippen molar-refractivity contribution in [3.8, 4) is 11.5 Å². The smallest absolute Gasteiger partial charge is 0.337 e. The number of allylic oxidation sites excluding steroid dienone is 2. The number of carboxylic acid groups (broad SMARTS) is 2. The van der Waals surface area contributed by atoms with Crippen LogP contribution in [-0.4, -0.2) is 46.3 Å². The summed E-state index contributed by atoms with van der Waals surface area (Å²) in [7, 11) is 0. The number of hydrogen-bond donors (Lipinski definition) is 2. The number of carbonyl (C=O) groups is 2. The lowest BCUT2D eigenvalue weighted by atomic mass is 9.78. The lowest BCUT2D eigenvalue weighted by Crippen LogP contribution is -2.53. The summed E-state index contributed by atoms with van der Waals surface area (Å²) in [6, 6.07) is 5.48. The summed E-state index contributed by atoms with van der Waals surface area (Å²) in [5.41, 5.74) is 8.16. The molecule has 3 aromatic carbocycles. The second kappa shape index (κ2) is 10.2. The number of aromatic carboxylic acids is 2. The third-order valence-corrected chi connectivity index (χ3v) is 11.6. The van der Waals surface area contributed by atoms with E-state index in [0.717, 1.165) is 94.0 Å². The van der Waals surface area contributed by atoms with Crippen LogP contribution in [0.2, 0.25) is 10.0 Å². The maximum absolute atomic E-state index is 13.1. The van der Waals surface area contributed by atoms with Crippen molar-refractivity contribution >= 4 is 57.5 Å². The molecule has 0 spiro atoms. The highest BCUT2D eigenvalue weighted by Crippen LogP contribution is 2.53. The van der Waals surface area contributed by atoms with Gasteiger partial charge < -0.3 is 19.8 Å². The molecule has 5 aliphatic heterocycles. The molecule has 0 amide bonds. The predicted octanol–water partition coefficient (Wildman–Crippen LogP) is 7.32. The maximum Gasteiger partial charge on any atom is 0.337 e. The van der Waals surface area contributed by atoms with E-state index < -0.39 is 11.9 Å². The highest BCUT2D eigenvalue weighted by molar-refractivity contribution is 6.40. The fourth-order valence-electron chi connectivity index (χ4n) is 9.03. The molecule has 5 heterocycles. The molecule has 0 aliphatic carbocycles. The Bertz CT molecular complexity index is 2280. The van der Waals surface area contributed by atoms with Crippen molar-refractivity contribution in [1.29, 1.82) is 0 Å². The Morgan fingerprint density at radius 3 is 2.29 bits per heavy atom. The molecular formula is C39H37Cl2N2O5+. The number of anilines is 1. The number of ether oxygens (including phenoxy) is 1. The number of rotatable bonds is 3. The van der Waals surface area contributed by atoms with Crippen molar-refractivity contribution in [3.63, 3.8) is 0 Å². The van der Waals surface area contributed by atoms with Crippen LogP contribution in [0.5, 0.6) is 11.5 Å². The zero-order chi connectivity index (χ0) is 34.2. The molecule has 0 unspecified atom stereocenters. The second-order valence-corrected chi connectivity index (χ2v) is 15.6. The minimum atomic E-state index is -1.35. The van der Waals surface area contributed by atoms with Crippen LogP contribution in [0, 0.1) is 0 Å².